The molecule has 4 nitrogen and oxygen atoms in total. The number of anilines is 1. The molecule has 0 bridgehead atoms. The summed E-state index contributed by atoms with van der Waals surface area (Å²) in [6.45, 7) is 8.45. The Hall–Kier alpha value is -1.97. The standard InChI is InChI=1S/C17H23N3O/c1-10(2)20-12(4)17(11(3)19-20)18-15-9-8-14-13(15)6-5-7-16(14)21/h5-7,10,15,18,21H,8-9H2,1-4H3. The molecular formula is C17H23N3O. The molecule has 1 aromatic carbocycles. The van der Waals surface area contributed by atoms with Gasteiger partial charge in [-0.05, 0) is 57.7 Å². The van der Waals surface area contributed by atoms with E-state index >= 15 is 0 Å². The normalized spacial score (nSPS) is 17.3. The SMILES string of the molecule is Cc1nn(C(C)C)c(C)c1NC1CCc2c(O)cccc21. The van der Waals surface area contributed by atoms with E-state index in [1.165, 1.54) is 11.3 Å². The van der Waals surface area contributed by atoms with Crippen molar-refractivity contribution in [2.75, 3.05) is 5.32 Å². The lowest BCUT2D eigenvalue weighted by Crippen LogP contribution is -2.09. The molecule has 3 rings (SSSR count). The molecule has 0 fully saturated rings. The Morgan fingerprint density at radius 2 is 2.10 bits per heavy atom. The van der Waals surface area contributed by atoms with Crippen LogP contribution in [0.4, 0.5) is 5.69 Å². The summed E-state index contributed by atoms with van der Waals surface area (Å²) in [4.78, 5) is 0. The van der Waals surface area contributed by atoms with Crippen molar-refractivity contribution in [2.24, 2.45) is 0 Å². The summed E-state index contributed by atoms with van der Waals surface area (Å²) in [5.74, 6) is 0.420. The predicted molar refractivity (Wildman–Crippen MR) is 84.9 cm³/mol. The van der Waals surface area contributed by atoms with Crippen LogP contribution >= 0.6 is 0 Å². The molecule has 2 N–H and O–H groups in total. The highest BCUT2D eigenvalue weighted by atomic mass is 16.3. The first-order chi connectivity index (χ1) is 9.99. The van der Waals surface area contributed by atoms with Gasteiger partial charge in [0.05, 0.1) is 23.1 Å². The van der Waals surface area contributed by atoms with Crippen molar-refractivity contribution in [1.29, 1.82) is 0 Å². The van der Waals surface area contributed by atoms with Gasteiger partial charge >= 0.3 is 0 Å². The number of fused-ring (bicyclic) bond motifs is 1. The van der Waals surface area contributed by atoms with Gasteiger partial charge in [0.25, 0.3) is 0 Å². The van der Waals surface area contributed by atoms with Gasteiger partial charge in [-0.15, -0.1) is 0 Å². The molecule has 2 aromatic rings. The zero-order chi connectivity index (χ0) is 15.1. The molecule has 1 aromatic heterocycles. The molecule has 1 aliphatic carbocycles. The number of nitrogens with one attached hydrogen (secondary N) is 1. The molecule has 1 atom stereocenters. The lowest BCUT2D eigenvalue weighted by atomic mass is 10.1. The Labute approximate surface area is 125 Å². The monoisotopic (exact) mass is 285 g/mol. The number of nitrogens with zero attached hydrogens (tertiary/aromatic N) is 2. The summed E-state index contributed by atoms with van der Waals surface area (Å²) in [7, 11) is 0. The van der Waals surface area contributed by atoms with Crippen molar-refractivity contribution in [2.45, 2.75) is 52.6 Å². The van der Waals surface area contributed by atoms with Gasteiger partial charge in [-0.2, -0.15) is 5.10 Å². The molecule has 0 saturated heterocycles. The quantitative estimate of drug-likeness (QED) is 0.899. The number of hydrogen-bond acceptors (Lipinski definition) is 3. The van der Waals surface area contributed by atoms with E-state index in [0.29, 0.717) is 11.8 Å². The number of hydrogen-bond donors (Lipinski definition) is 2. The molecule has 1 aliphatic rings. The molecule has 0 radical (unpaired) electrons. The first-order valence-corrected chi connectivity index (χ1v) is 7.62. The number of rotatable bonds is 3. The Balaban J connectivity index is 1.92. The fourth-order valence-electron chi connectivity index (χ4n) is 3.33. The first kappa shape index (κ1) is 14.0. The van der Waals surface area contributed by atoms with Crippen LogP contribution in [0.3, 0.4) is 0 Å². The van der Waals surface area contributed by atoms with E-state index in [1.54, 1.807) is 6.07 Å². The maximum atomic E-state index is 9.96. The Kier molecular flexibility index (Phi) is 3.40. The highest BCUT2D eigenvalue weighted by Crippen LogP contribution is 2.39. The van der Waals surface area contributed by atoms with Gasteiger partial charge in [-0.25, -0.2) is 0 Å². The maximum Gasteiger partial charge on any atom is 0.119 e. The molecule has 4 heteroatoms. The Morgan fingerprint density at radius 3 is 2.76 bits per heavy atom. The second-order valence-electron chi connectivity index (χ2n) is 6.16. The lowest BCUT2D eigenvalue weighted by molar-refractivity contribution is 0.469. The Bertz CT molecular complexity index is 673. The smallest absolute Gasteiger partial charge is 0.119 e. The van der Waals surface area contributed by atoms with Gasteiger partial charge in [0.2, 0.25) is 0 Å². The van der Waals surface area contributed by atoms with Crippen LogP contribution in [0.15, 0.2) is 18.2 Å². The van der Waals surface area contributed by atoms with Crippen molar-refractivity contribution in [3.8, 4) is 5.75 Å². The summed E-state index contributed by atoms with van der Waals surface area (Å²) in [6.07, 6.45) is 1.94. The fourth-order valence-corrected chi connectivity index (χ4v) is 3.33. The van der Waals surface area contributed by atoms with Crippen molar-refractivity contribution in [3.05, 3.63) is 40.7 Å². The third kappa shape index (κ3) is 2.28. The minimum absolute atomic E-state index is 0.259. The average molecular weight is 285 g/mol. The van der Waals surface area contributed by atoms with Gasteiger partial charge in [-0.1, -0.05) is 12.1 Å². The minimum Gasteiger partial charge on any atom is -0.508 e. The maximum absolute atomic E-state index is 9.96. The summed E-state index contributed by atoms with van der Waals surface area (Å²) in [5.41, 5.74) is 5.64. The third-order valence-electron chi connectivity index (χ3n) is 4.38. The van der Waals surface area contributed by atoms with E-state index in [4.69, 9.17) is 0 Å². The second-order valence-corrected chi connectivity index (χ2v) is 6.16. The molecule has 0 spiro atoms. The van der Waals surface area contributed by atoms with E-state index in [2.05, 4.69) is 41.9 Å². The van der Waals surface area contributed by atoms with Crippen molar-refractivity contribution < 1.29 is 5.11 Å². The van der Waals surface area contributed by atoms with Crippen LogP contribution in [-0.4, -0.2) is 14.9 Å². The number of aryl methyl sites for hydroxylation is 1. The zero-order valence-electron chi connectivity index (χ0n) is 13.1. The number of phenolic OH excluding ortho intramolecular Hbond substituents is 1. The largest absolute Gasteiger partial charge is 0.508 e. The molecule has 0 aliphatic heterocycles. The van der Waals surface area contributed by atoms with E-state index < -0.39 is 0 Å². The summed E-state index contributed by atoms with van der Waals surface area (Å²) in [6, 6.07) is 6.42. The number of phenols is 1. The van der Waals surface area contributed by atoms with Gasteiger partial charge in [0, 0.05) is 6.04 Å². The predicted octanol–water partition coefficient (Wildman–Crippen LogP) is 3.89. The van der Waals surface area contributed by atoms with E-state index in [-0.39, 0.29) is 6.04 Å². The highest BCUT2D eigenvalue weighted by Gasteiger charge is 2.26. The van der Waals surface area contributed by atoms with Gasteiger partial charge in [0.15, 0.2) is 0 Å². The van der Waals surface area contributed by atoms with Crippen LogP contribution in [0.5, 0.6) is 5.75 Å². The highest BCUT2D eigenvalue weighted by molar-refractivity contribution is 5.56. The van der Waals surface area contributed by atoms with Gasteiger partial charge in [-0.3, -0.25) is 4.68 Å². The molecule has 1 unspecified atom stereocenters. The first-order valence-electron chi connectivity index (χ1n) is 7.62. The zero-order valence-corrected chi connectivity index (χ0v) is 13.1. The summed E-state index contributed by atoms with van der Waals surface area (Å²) in [5, 5.41) is 18.2. The van der Waals surface area contributed by atoms with Crippen LogP contribution in [0.25, 0.3) is 0 Å². The number of benzene rings is 1. The fraction of sp³-hybridized carbons (Fsp3) is 0.471. The molecule has 1 heterocycles. The topological polar surface area (TPSA) is 50.1 Å². The summed E-state index contributed by atoms with van der Waals surface area (Å²) >= 11 is 0. The number of aromatic nitrogens is 2. The van der Waals surface area contributed by atoms with Crippen LogP contribution in [-0.2, 0) is 6.42 Å². The van der Waals surface area contributed by atoms with Crippen LogP contribution < -0.4 is 5.32 Å². The summed E-state index contributed by atoms with van der Waals surface area (Å²) < 4.78 is 2.07. The van der Waals surface area contributed by atoms with Gasteiger partial charge < -0.3 is 10.4 Å². The van der Waals surface area contributed by atoms with Crippen molar-refractivity contribution in [3.63, 3.8) is 0 Å². The van der Waals surface area contributed by atoms with Crippen LogP contribution in [0, 0.1) is 13.8 Å². The van der Waals surface area contributed by atoms with E-state index in [1.807, 2.05) is 13.0 Å². The van der Waals surface area contributed by atoms with E-state index in [0.717, 1.165) is 29.8 Å². The molecule has 0 saturated carbocycles. The molecule has 112 valence electrons. The minimum atomic E-state index is 0.259. The van der Waals surface area contributed by atoms with E-state index in [9.17, 15) is 5.11 Å². The lowest BCUT2D eigenvalue weighted by Gasteiger charge is -2.16. The van der Waals surface area contributed by atoms with Crippen molar-refractivity contribution in [1.82, 2.24) is 9.78 Å². The number of aromatic hydroxyl groups is 1. The molecule has 21 heavy (non-hydrogen) atoms. The third-order valence-corrected chi connectivity index (χ3v) is 4.38. The van der Waals surface area contributed by atoms with Crippen LogP contribution in [0.1, 0.15) is 54.9 Å². The second kappa shape index (κ2) is 5.10. The molecular weight excluding hydrogens is 262 g/mol. The van der Waals surface area contributed by atoms with Crippen molar-refractivity contribution >= 4 is 5.69 Å². The van der Waals surface area contributed by atoms with Crippen LogP contribution in [0.2, 0.25) is 0 Å². The Morgan fingerprint density at radius 1 is 1.33 bits per heavy atom. The average Bonchev–Trinajstić information content (AvgIpc) is 2.96. The molecule has 0 amide bonds. The van der Waals surface area contributed by atoms with Gasteiger partial charge in [0.1, 0.15) is 5.75 Å².